The standard InChI is InChI=1S/C22H26N2OS.CH4O3S/c1-24(12-11-16-9-10-22-20(13-16)23-15-26-22)14-17-5-3-7-19-18(17)6-4-8-21(19)25-2;1-5(2,3)4/h4,6,8-10,13,15,17H,3,5,7,11-12,14H2,1-2H3;1H3,(H,2,3,4). The number of likely N-dealkylation sites (N-methyl/N-ethyl adjacent to an activating group) is 1. The first kappa shape index (κ1) is 23.7. The van der Waals surface area contributed by atoms with E-state index in [1.807, 2.05) is 5.51 Å². The van der Waals surface area contributed by atoms with Crippen molar-refractivity contribution in [2.24, 2.45) is 0 Å². The Morgan fingerprint density at radius 2 is 2.06 bits per heavy atom. The van der Waals surface area contributed by atoms with Crippen LogP contribution >= 0.6 is 11.3 Å². The van der Waals surface area contributed by atoms with Crippen molar-refractivity contribution in [1.29, 1.82) is 0 Å². The minimum atomic E-state index is -3.67. The molecule has 1 unspecified atom stereocenters. The van der Waals surface area contributed by atoms with Crippen LogP contribution in [0, 0.1) is 0 Å². The number of fused-ring (bicyclic) bond motifs is 2. The number of aromatic nitrogens is 1. The Bertz CT molecular complexity index is 1100. The summed E-state index contributed by atoms with van der Waals surface area (Å²) in [5.74, 6) is 1.67. The molecule has 0 radical (unpaired) electrons. The molecule has 2 aromatic carbocycles. The lowest BCUT2D eigenvalue weighted by atomic mass is 9.82. The van der Waals surface area contributed by atoms with Crippen molar-refractivity contribution in [1.82, 2.24) is 9.88 Å². The molecule has 0 aliphatic heterocycles. The van der Waals surface area contributed by atoms with Gasteiger partial charge in [0, 0.05) is 13.1 Å². The first-order valence-electron chi connectivity index (χ1n) is 10.3. The molecule has 3 aromatic rings. The van der Waals surface area contributed by atoms with Crippen LogP contribution in [0.5, 0.6) is 5.75 Å². The lowest BCUT2D eigenvalue weighted by Gasteiger charge is -2.30. The van der Waals surface area contributed by atoms with E-state index >= 15 is 0 Å². The highest BCUT2D eigenvalue weighted by molar-refractivity contribution is 7.85. The lowest BCUT2D eigenvalue weighted by molar-refractivity contribution is 0.299. The zero-order valence-corrected chi connectivity index (χ0v) is 19.9. The maximum absolute atomic E-state index is 9.19. The van der Waals surface area contributed by atoms with E-state index in [9.17, 15) is 8.42 Å². The maximum atomic E-state index is 9.19. The van der Waals surface area contributed by atoms with Crippen LogP contribution in [-0.4, -0.2) is 56.4 Å². The smallest absolute Gasteiger partial charge is 0.261 e. The van der Waals surface area contributed by atoms with Crippen LogP contribution in [-0.2, 0) is 23.0 Å². The number of thiazole rings is 1. The number of hydrogen-bond donors (Lipinski definition) is 1. The Labute approximate surface area is 188 Å². The van der Waals surface area contributed by atoms with Crippen LogP contribution in [0.4, 0.5) is 0 Å². The molecule has 1 atom stereocenters. The molecule has 8 heteroatoms. The molecule has 1 N–H and O–H groups in total. The fourth-order valence-corrected chi connectivity index (χ4v) is 4.80. The van der Waals surface area contributed by atoms with Gasteiger partial charge in [-0.05, 0) is 73.5 Å². The van der Waals surface area contributed by atoms with Gasteiger partial charge in [0.05, 0.1) is 29.1 Å². The molecule has 31 heavy (non-hydrogen) atoms. The Balaban J connectivity index is 0.000000491. The van der Waals surface area contributed by atoms with Crippen molar-refractivity contribution in [2.45, 2.75) is 31.6 Å². The fourth-order valence-electron chi connectivity index (χ4n) is 4.14. The van der Waals surface area contributed by atoms with Crippen LogP contribution in [0.25, 0.3) is 10.2 Å². The summed E-state index contributed by atoms with van der Waals surface area (Å²) in [5.41, 5.74) is 7.35. The van der Waals surface area contributed by atoms with Crippen molar-refractivity contribution >= 4 is 31.7 Å². The Morgan fingerprint density at radius 1 is 1.29 bits per heavy atom. The Morgan fingerprint density at radius 3 is 2.81 bits per heavy atom. The summed E-state index contributed by atoms with van der Waals surface area (Å²) in [6.07, 6.45) is 5.46. The summed E-state index contributed by atoms with van der Waals surface area (Å²) in [4.78, 5) is 6.91. The largest absolute Gasteiger partial charge is 0.496 e. The van der Waals surface area contributed by atoms with Gasteiger partial charge < -0.3 is 9.64 Å². The summed E-state index contributed by atoms with van der Waals surface area (Å²) < 4.78 is 32.7. The average molecular weight is 463 g/mol. The van der Waals surface area contributed by atoms with E-state index < -0.39 is 10.1 Å². The molecule has 1 aromatic heterocycles. The van der Waals surface area contributed by atoms with Gasteiger partial charge in [0.1, 0.15) is 5.75 Å². The number of ether oxygens (including phenoxy) is 1. The number of rotatable bonds is 6. The van der Waals surface area contributed by atoms with Crippen molar-refractivity contribution < 1.29 is 17.7 Å². The van der Waals surface area contributed by atoms with Gasteiger partial charge in [-0.15, -0.1) is 11.3 Å². The zero-order valence-electron chi connectivity index (χ0n) is 18.2. The van der Waals surface area contributed by atoms with Gasteiger partial charge in [-0.3, -0.25) is 4.55 Å². The van der Waals surface area contributed by atoms with Gasteiger partial charge in [-0.1, -0.05) is 18.2 Å². The van der Waals surface area contributed by atoms with E-state index in [0.717, 1.165) is 37.2 Å². The summed E-state index contributed by atoms with van der Waals surface area (Å²) in [6.45, 7) is 2.19. The van der Waals surface area contributed by atoms with E-state index in [1.54, 1.807) is 18.4 Å². The van der Waals surface area contributed by atoms with E-state index in [0.29, 0.717) is 12.2 Å². The Kier molecular flexibility index (Phi) is 8.05. The molecule has 0 amide bonds. The highest BCUT2D eigenvalue weighted by Gasteiger charge is 2.23. The van der Waals surface area contributed by atoms with E-state index in [-0.39, 0.29) is 0 Å². The van der Waals surface area contributed by atoms with Crippen molar-refractivity contribution in [3.8, 4) is 5.75 Å². The van der Waals surface area contributed by atoms with Crippen LogP contribution < -0.4 is 4.74 Å². The number of methoxy groups -OCH3 is 1. The third-order valence-corrected chi connectivity index (χ3v) is 6.33. The molecule has 0 fully saturated rings. The van der Waals surface area contributed by atoms with E-state index in [2.05, 4.69) is 53.3 Å². The highest BCUT2D eigenvalue weighted by atomic mass is 32.2. The predicted octanol–water partition coefficient (Wildman–Crippen LogP) is 4.40. The molecule has 1 heterocycles. The number of benzene rings is 2. The maximum Gasteiger partial charge on any atom is 0.261 e. The molecule has 0 saturated carbocycles. The molecule has 4 rings (SSSR count). The minimum absolute atomic E-state index is 0.611. The summed E-state index contributed by atoms with van der Waals surface area (Å²) in [5, 5.41) is 0. The SMILES string of the molecule is COc1cccc2c1CCCC2CN(C)CCc1ccc2scnc2c1.CS(=O)(=O)O. The first-order chi connectivity index (χ1) is 14.7. The van der Waals surface area contributed by atoms with Gasteiger partial charge in [0.25, 0.3) is 10.1 Å². The minimum Gasteiger partial charge on any atom is -0.496 e. The highest BCUT2D eigenvalue weighted by Crippen LogP contribution is 2.36. The molecule has 0 saturated heterocycles. The van der Waals surface area contributed by atoms with Gasteiger partial charge in [-0.2, -0.15) is 8.42 Å². The number of nitrogens with zero attached hydrogens (tertiary/aromatic N) is 2. The predicted molar refractivity (Wildman–Crippen MR) is 127 cm³/mol. The van der Waals surface area contributed by atoms with Crippen molar-refractivity contribution in [2.75, 3.05) is 33.5 Å². The molecule has 1 aliphatic rings. The normalized spacial score (nSPS) is 16.0. The second kappa shape index (κ2) is 10.5. The average Bonchev–Trinajstić information content (AvgIpc) is 3.19. The van der Waals surface area contributed by atoms with E-state index in [4.69, 9.17) is 9.29 Å². The number of hydrogen-bond acceptors (Lipinski definition) is 6. The zero-order chi connectivity index (χ0) is 22.4. The lowest BCUT2D eigenvalue weighted by Crippen LogP contribution is -2.28. The fraction of sp³-hybridized carbons (Fsp3) is 0.435. The van der Waals surface area contributed by atoms with Crippen LogP contribution in [0.2, 0.25) is 0 Å². The van der Waals surface area contributed by atoms with Gasteiger partial charge in [-0.25, -0.2) is 4.98 Å². The summed E-state index contributed by atoms with van der Waals surface area (Å²) in [6, 6.07) is 13.2. The van der Waals surface area contributed by atoms with Crippen LogP contribution in [0.1, 0.15) is 35.4 Å². The van der Waals surface area contributed by atoms with Gasteiger partial charge in [0.15, 0.2) is 0 Å². The molecular weight excluding hydrogens is 432 g/mol. The second-order valence-corrected chi connectivity index (χ2v) is 10.4. The third-order valence-electron chi connectivity index (χ3n) is 5.52. The molecule has 1 aliphatic carbocycles. The topological polar surface area (TPSA) is 79.7 Å². The van der Waals surface area contributed by atoms with Crippen LogP contribution in [0.15, 0.2) is 41.9 Å². The molecule has 0 bridgehead atoms. The van der Waals surface area contributed by atoms with Gasteiger partial charge >= 0.3 is 0 Å². The van der Waals surface area contributed by atoms with Crippen molar-refractivity contribution in [3.05, 3.63) is 58.6 Å². The quantitative estimate of drug-likeness (QED) is 0.547. The summed E-state index contributed by atoms with van der Waals surface area (Å²) >= 11 is 1.71. The molecule has 168 valence electrons. The van der Waals surface area contributed by atoms with Crippen LogP contribution in [0.3, 0.4) is 0 Å². The van der Waals surface area contributed by atoms with Gasteiger partial charge in [0.2, 0.25) is 0 Å². The Hall–Kier alpha value is -2.00. The molecule has 0 spiro atoms. The first-order valence-corrected chi connectivity index (χ1v) is 13.1. The van der Waals surface area contributed by atoms with E-state index in [1.165, 1.54) is 34.2 Å². The monoisotopic (exact) mass is 462 g/mol. The summed E-state index contributed by atoms with van der Waals surface area (Å²) in [7, 11) is 0.361. The second-order valence-electron chi connectivity index (χ2n) is 8.02. The van der Waals surface area contributed by atoms with Crippen molar-refractivity contribution in [3.63, 3.8) is 0 Å². The third kappa shape index (κ3) is 7.00. The molecular formula is C23H30N2O4S2. The molecule has 6 nitrogen and oxygen atoms in total.